The molecule has 0 aromatic carbocycles. The Morgan fingerprint density at radius 1 is 1.23 bits per heavy atom. The lowest BCUT2D eigenvalue weighted by Crippen LogP contribution is -2.44. The van der Waals surface area contributed by atoms with E-state index in [0.29, 0.717) is 12.3 Å². The minimum atomic E-state index is -0.981. The number of allylic oxidation sites excluding steroid dienone is 1. The predicted molar refractivity (Wildman–Crippen MR) is 149 cm³/mol. The van der Waals surface area contributed by atoms with E-state index in [1.165, 1.54) is 28.7 Å². The number of amides is 3. The Morgan fingerprint density at radius 2 is 2.00 bits per heavy atom. The topological polar surface area (TPSA) is 138 Å². The lowest BCUT2D eigenvalue weighted by Gasteiger charge is -2.17. The SMILES string of the molecule is COC(=O)N[C@@H](CC/C=C/C(=O)N(C)C)C(=O)Nc1cccn(Cc2cc3ccnc(CC(C)C)c3[nH]2)c1=O. The van der Waals surface area contributed by atoms with Crippen LogP contribution in [0, 0.1) is 5.92 Å². The van der Waals surface area contributed by atoms with Gasteiger partial charge < -0.3 is 29.8 Å². The number of fused-ring (bicyclic) bond motifs is 1. The number of carbonyl (C=O) groups excluding carboxylic acids is 3. The number of likely N-dealkylation sites (N-methyl/N-ethyl adjacent to an activating group) is 1. The second-order valence-electron chi connectivity index (χ2n) is 9.86. The zero-order chi connectivity index (χ0) is 28.5. The van der Waals surface area contributed by atoms with E-state index in [4.69, 9.17) is 0 Å². The third-order valence-electron chi connectivity index (χ3n) is 6.01. The largest absolute Gasteiger partial charge is 0.453 e. The minimum absolute atomic E-state index is 0.0794. The second kappa shape index (κ2) is 13.4. The van der Waals surface area contributed by atoms with Gasteiger partial charge in [0.1, 0.15) is 11.7 Å². The van der Waals surface area contributed by atoms with Crippen LogP contribution in [0.25, 0.3) is 10.9 Å². The van der Waals surface area contributed by atoms with Gasteiger partial charge >= 0.3 is 6.09 Å². The van der Waals surface area contributed by atoms with Crippen molar-refractivity contribution < 1.29 is 19.1 Å². The normalized spacial score (nSPS) is 12.1. The molecule has 0 aliphatic heterocycles. The number of ether oxygens (including phenoxy) is 1. The molecular weight excluding hydrogens is 500 g/mol. The van der Waals surface area contributed by atoms with Crippen LogP contribution in [0.5, 0.6) is 0 Å². The van der Waals surface area contributed by atoms with Crippen LogP contribution in [0.3, 0.4) is 0 Å². The molecule has 0 unspecified atom stereocenters. The van der Waals surface area contributed by atoms with E-state index in [0.717, 1.165) is 28.7 Å². The van der Waals surface area contributed by atoms with Crippen LogP contribution in [-0.4, -0.2) is 64.6 Å². The molecule has 208 valence electrons. The van der Waals surface area contributed by atoms with Crippen molar-refractivity contribution in [3.8, 4) is 0 Å². The van der Waals surface area contributed by atoms with Crippen LogP contribution in [0.1, 0.15) is 38.1 Å². The maximum absolute atomic E-state index is 13.2. The van der Waals surface area contributed by atoms with Gasteiger partial charge in [-0.15, -0.1) is 0 Å². The Balaban J connectivity index is 1.75. The summed E-state index contributed by atoms with van der Waals surface area (Å²) in [6, 6.07) is 6.12. The van der Waals surface area contributed by atoms with Gasteiger partial charge in [0.15, 0.2) is 0 Å². The third-order valence-corrected chi connectivity index (χ3v) is 6.01. The van der Waals surface area contributed by atoms with E-state index in [1.54, 1.807) is 38.6 Å². The standard InChI is InChI=1S/C28H36N6O5/c1-18(2)15-23-25-19(12-13-29-23)16-20(30-25)17-34-14-8-10-22(27(34)37)31-26(36)21(32-28(38)39-5)9-6-7-11-24(35)33(3)4/h7-8,10-14,16,18,21,30H,6,9,15,17H2,1-5H3,(H,31,36)(H,32,38)/b11-7+/t21-/m0/s1. The number of nitrogens with zero attached hydrogens (tertiary/aromatic N) is 3. The first-order chi connectivity index (χ1) is 18.6. The van der Waals surface area contributed by atoms with E-state index in [9.17, 15) is 19.2 Å². The number of aromatic nitrogens is 3. The van der Waals surface area contributed by atoms with Crippen LogP contribution >= 0.6 is 0 Å². The molecule has 0 spiro atoms. The Kier molecular flexibility index (Phi) is 10.0. The van der Waals surface area contributed by atoms with Crippen molar-refractivity contribution in [3.05, 3.63) is 70.6 Å². The van der Waals surface area contributed by atoms with Gasteiger partial charge in [-0.3, -0.25) is 19.4 Å². The van der Waals surface area contributed by atoms with Crippen LogP contribution in [-0.2, 0) is 27.3 Å². The molecule has 0 aliphatic carbocycles. The van der Waals surface area contributed by atoms with Gasteiger partial charge in [-0.1, -0.05) is 19.9 Å². The number of hydrogen-bond acceptors (Lipinski definition) is 6. The summed E-state index contributed by atoms with van der Waals surface area (Å²) in [5.74, 6) is -0.312. The van der Waals surface area contributed by atoms with E-state index < -0.39 is 23.6 Å². The Morgan fingerprint density at radius 3 is 2.69 bits per heavy atom. The van der Waals surface area contributed by atoms with Gasteiger partial charge in [-0.2, -0.15) is 0 Å². The first kappa shape index (κ1) is 29.2. The van der Waals surface area contributed by atoms with Crippen molar-refractivity contribution in [2.24, 2.45) is 5.92 Å². The summed E-state index contributed by atoms with van der Waals surface area (Å²) in [7, 11) is 4.46. The molecule has 1 atom stereocenters. The number of H-pyrrole nitrogens is 1. The number of methoxy groups -OCH3 is 1. The van der Waals surface area contributed by atoms with Crippen molar-refractivity contribution in [1.29, 1.82) is 0 Å². The Hall–Kier alpha value is -4.41. The zero-order valence-electron chi connectivity index (χ0n) is 23.0. The van der Waals surface area contributed by atoms with Crippen molar-refractivity contribution in [3.63, 3.8) is 0 Å². The van der Waals surface area contributed by atoms with Crippen LogP contribution in [0.2, 0.25) is 0 Å². The fourth-order valence-electron chi connectivity index (χ4n) is 4.02. The first-order valence-corrected chi connectivity index (χ1v) is 12.8. The Bertz CT molecular complexity index is 1400. The molecule has 0 radical (unpaired) electrons. The van der Waals surface area contributed by atoms with Crippen molar-refractivity contribution in [2.75, 3.05) is 26.5 Å². The number of nitrogens with one attached hydrogen (secondary N) is 3. The summed E-state index contributed by atoms with van der Waals surface area (Å²) in [5, 5.41) is 6.13. The number of hydrogen-bond donors (Lipinski definition) is 3. The molecule has 0 aliphatic rings. The van der Waals surface area contributed by atoms with Gasteiger partial charge in [0, 0.05) is 37.6 Å². The molecular formula is C28H36N6O5. The van der Waals surface area contributed by atoms with E-state index in [1.807, 2.05) is 12.1 Å². The van der Waals surface area contributed by atoms with Crippen molar-refractivity contribution in [2.45, 2.75) is 45.7 Å². The monoisotopic (exact) mass is 536 g/mol. The number of alkyl carbamates (subject to hydrolysis) is 1. The highest BCUT2D eigenvalue weighted by molar-refractivity contribution is 5.96. The maximum atomic E-state index is 13.2. The maximum Gasteiger partial charge on any atom is 0.407 e. The molecule has 0 saturated heterocycles. The highest BCUT2D eigenvalue weighted by atomic mass is 16.5. The molecule has 3 amide bonds. The van der Waals surface area contributed by atoms with Gasteiger partial charge in [0.25, 0.3) is 5.56 Å². The highest BCUT2D eigenvalue weighted by Gasteiger charge is 2.22. The van der Waals surface area contributed by atoms with Gasteiger partial charge in [0.05, 0.1) is 24.9 Å². The van der Waals surface area contributed by atoms with Gasteiger partial charge in [-0.05, 0) is 55.5 Å². The van der Waals surface area contributed by atoms with Crippen molar-refractivity contribution in [1.82, 2.24) is 24.8 Å². The highest BCUT2D eigenvalue weighted by Crippen LogP contribution is 2.20. The molecule has 39 heavy (non-hydrogen) atoms. The summed E-state index contributed by atoms with van der Waals surface area (Å²) in [4.78, 5) is 59.1. The fourth-order valence-corrected chi connectivity index (χ4v) is 4.02. The average molecular weight is 537 g/mol. The number of rotatable bonds is 11. The smallest absolute Gasteiger partial charge is 0.407 e. The first-order valence-electron chi connectivity index (χ1n) is 12.8. The van der Waals surface area contributed by atoms with E-state index in [-0.39, 0.29) is 24.6 Å². The number of anilines is 1. The predicted octanol–water partition coefficient (Wildman–Crippen LogP) is 3.06. The zero-order valence-corrected chi connectivity index (χ0v) is 23.0. The number of aromatic amines is 1. The molecule has 11 nitrogen and oxygen atoms in total. The second-order valence-corrected chi connectivity index (χ2v) is 9.86. The average Bonchev–Trinajstić information content (AvgIpc) is 3.31. The molecule has 0 saturated carbocycles. The summed E-state index contributed by atoms with van der Waals surface area (Å²) in [5.41, 5.74) is 2.45. The molecule has 3 aromatic rings. The lowest BCUT2D eigenvalue weighted by atomic mass is 10.1. The molecule has 0 bridgehead atoms. The summed E-state index contributed by atoms with van der Waals surface area (Å²) >= 11 is 0. The molecule has 3 N–H and O–H groups in total. The number of carbonyl (C=O) groups is 3. The Labute approximate surface area is 227 Å². The van der Waals surface area contributed by atoms with Crippen LogP contribution < -0.4 is 16.2 Å². The van der Waals surface area contributed by atoms with Crippen molar-refractivity contribution >= 4 is 34.5 Å². The van der Waals surface area contributed by atoms with Gasteiger partial charge in [-0.25, -0.2) is 4.79 Å². The van der Waals surface area contributed by atoms with Crippen LogP contribution in [0.4, 0.5) is 10.5 Å². The molecule has 3 aromatic heterocycles. The lowest BCUT2D eigenvalue weighted by molar-refractivity contribution is -0.123. The minimum Gasteiger partial charge on any atom is -0.453 e. The quantitative estimate of drug-likeness (QED) is 0.322. The summed E-state index contributed by atoms with van der Waals surface area (Å²) in [6.07, 6.45) is 7.05. The molecule has 3 heterocycles. The summed E-state index contributed by atoms with van der Waals surface area (Å²) < 4.78 is 6.13. The molecule has 11 heteroatoms. The number of pyridine rings is 2. The van der Waals surface area contributed by atoms with Crippen LogP contribution in [0.15, 0.2) is 53.6 Å². The summed E-state index contributed by atoms with van der Waals surface area (Å²) in [6.45, 7) is 4.54. The van der Waals surface area contributed by atoms with E-state index in [2.05, 4.69) is 39.2 Å². The fraction of sp³-hybridized carbons (Fsp3) is 0.393. The molecule has 3 rings (SSSR count). The third kappa shape index (κ3) is 8.03. The van der Waals surface area contributed by atoms with Gasteiger partial charge in [0.2, 0.25) is 11.8 Å². The van der Waals surface area contributed by atoms with E-state index >= 15 is 0 Å². The molecule has 0 fully saturated rings.